The monoisotopic (exact) mass is 576 g/mol. The minimum Gasteiger partial charge on any atom is -0.493 e. The molecule has 0 bridgehead atoms. The van der Waals surface area contributed by atoms with Gasteiger partial charge in [-0.3, -0.25) is 0 Å². The van der Waals surface area contributed by atoms with Crippen molar-refractivity contribution in [3.05, 3.63) is 110 Å². The van der Waals surface area contributed by atoms with Gasteiger partial charge < -0.3 is 19.9 Å². The lowest BCUT2D eigenvalue weighted by atomic mass is 9.84. The molecule has 0 aliphatic carbocycles. The molecule has 186 valence electrons. The number of fused-ring (bicyclic) bond motifs is 1. The van der Waals surface area contributed by atoms with E-state index in [1.54, 1.807) is 11.8 Å². The molecule has 1 aromatic heterocycles. The third-order valence-electron chi connectivity index (χ3n) is 6.15. The van der Waals surface area contributed by atoms with Gasteiger partial charge in [-0.2, -0.15) is 10.4 Å². The number of aromatic nitrogens is 2. The van der Waals surface area contributed by atoms with Gasteiger partial charge in [-0.05, 0) is 58.7 Å². The standard InChI is InChI=1S/C28H22BrClN4O3/c1-16-24-25(20(14-31)27(32)37-28(24)34(33-16)19-9-4-3-5-10-19)18-12-21(29)26(23(13-18)35-2)36-15-17-8-6-7-11-22(17)30/h3-13,25H,15,32H2,1-2H3. The summed E-state index contributed by atoms with van der Waals surface area (Å²) < 4.78 is 20.1. The Morgan fingerprint density at radius 2 is 1.89 bits per heavy atom. The van der Waals surface area contributed by atoms with Crippen LogP contribution in [0.1, 0.15) is 28.3 Å². The fourth-order valence-corrected chi connectivity index (χ4v) is 5.17. The Balaban J connectivity index is 1.60. The Morgan fingerprint density at radius 1 is 1.16 bits per heavy atom. The Bertz CT molecular complexity index is 1560. The predicted molar refractivity (Wildman–Crippen MR) is 144 cm³/mol. The zero-order valence-corrected chi connectivity index (χ0v) is 22.4. The molecule has 9 heteroatoms. The lowest BCUT2D eigenvalue weighted by Gasteiger charge is -2.26. The maximum absolute atomic E-state index is 10.0. The summed E-state index contributed by atoms with van der Waals surface area (Å²) in [4.78, 5) is 0. The molecule has 2 heterocycles. The summed E-state index contributed by atoms with van der Waals surface area (Å²) >= 11 is 9.93. The lowest BCUT2D eigenvalue weighted by Crippen LogP contribution is -2.22. The van der Waals surface area contributed by atoms with Crippen molar-refractivity contribution in [2.24, 2.45) is 5.73 Å². The van der Waals surface area contributed by atoms with Gasteiger partial charge in [0.2, 0.25) is 11.8 Å². The largest absolute Gasteiger partial charge is 0.493 e. The predicted octanol–water partition coefficient (Wildman–Crippen LogP) is 6.40. The van der Waals surface area contributed by atoms with Gasteiger partial charge in [-0.25, -0.2) is 4.68 Å². The summed E-state index contributed by atoms with van der Waals surface area (Å²) in [6.45, 7) is 2.15. The van der Waals surface area contributed by atoms with Crippen molar-refractivity contribution in [3.63, 3.8) is 0 Å². The molecule has 37 heavy (non-hydrogen) atoms. The van der Waals surface area contributed by atoms with Crippen molar-refractivity contribution in [2.45, 2.75) is 19.4 Å². The highest BCUT2D eigenvalue weighted by atomic mass is 79.9. The molecule has 3 aromatic carbocycles. The number of aryl methyl sites for hydroxylation is 1. The molecule has 1 aliphatic rings. The second kappa shape index (κ2) is 10.2. The number of nitriles is 1. The Kier molecular flexibility index (Phi) is 6.83. The van der Waals surface area contributed by atoms with E-state index in [0.29, 0.717) is 32.4 Å². The second-order valence-electron chi connectivity index (χ2n) is 8.39. The summed E-state index contributed by atoms with van der Waals surface area (Å²) in [5.41, 5.74) is 10.5. The summed E-state index contributed by atoms with van der Waals surface area (Å²) in [6.07, 6.45) is 0. The highest BCUT2D eigenvalue weighted by molar-refractivity contribution is 9.10. The summed E-state index contributed by atoms with van der Waals surface area (Å²) in [6, 6.07) is 23.1. The topological polar surface area (TPSA) is 95.3 Å². The maximum Gasteiger partial charge on any atom is 0.229 e. The van der Waals surface area contributed by atoms with Crippen LogP contribution >= 0.6 is 27.5 Å². The molecule has 1 atom stereocenters. The molecule has 0 saturated carbocycles. The van der Waals surface area contributed by atoms with Gasteiger partial charge in [-0.1, -0.05) is 48.0 Å². The van der Waals surface area contributed by atoms with Crippen LogP contribution < -0.4 is 19.9 Å². The van der Waals surface area contributed by atoms with Crippen LogP contribution in [0.3, 0.4) is 0 Å². The number of hydrogen-bond donors (Lipinski definition) is 1. The zero-order chi connectivity index (χ0) is 26.1. The minimum absolute atomic E-state index is 0.0335. The van der Waals surface area contributed by atoms with E-state index in [0.717, 1.165) is 28.1 Å². The first-order valence-electron chi connectivity index (χ1n) is 11.4. The normalized spacial score (nSPS) is 14.5. The van der Waals surface area contributed by atoms with Crippen molar-refractivity contribution >= 4 is 27.5 Å². The average molecular weight is 578 g/mol. The molecule has 1 unspecified atom stereocenters. The van der Waals surface area contributed by atoms with E-state index < -0.39 is 5.92 Å². The number of methoxy groups -OCH3 is 1. The maximum atomic E-state index is 10.0. The van der Waals surface area contributed by atoms with Crippen LogP contribution in [0.25, 0.3) is 5.69 Å². The first-order chi connectivity index (χ1) is 17.9. The van der Waals surface area contributed by atoms with Gasteiger partial charge in [0.1, 0.15) is 18.2 Å². The molecule has 2 N–H and O–H groups in total. The summed E-state index contributed by atoms with van der Waals surface area (Å²) in [5.74, 6) is 0.999. The first-order valence-corrected chi connectivity index (χ1v) is 12.6. The van der Waals surface area contributed by atoms with Crippen LogP contribution in [0.5, 0.6) is 17.4 Å². The van der Waals surface area contributed by atoms with Gasteiger partial charge in [0.25, 0.3) is 0 Å². The van der Waals surface area contributed by atoms with Crippen molar-refractivity contribution < 1.29 is 14.2 Å². The number of rotatable bonds is 6. The van der Waals surface area contributed by atoms with Crippen LogP contribution in [-0.2, 0) is 6.61 Å². The van der Waals surface area contributed by atoms with Crippen molar-refractivity contribution in [1.82, 2.24) is 9.78 Å². The van der Waals surface area contributed by atoms with Gasteiger partial charge in [0.05, 0.1) is 34.4 Å². The Morgan fingerprint density at radius 3 is 2.59 bits per heavy atom. The Hall–Kier alpha value is -3.93. The van der Waals surface area contributed by atoms with Crippen LogP contribution in [0.4, 0.5) is 0 Å². The fourth-order valence-electron chi connectivity index (χ4n) is 4.40. The fraction of sp³-hybridized carbons (Fsp3) is 0.143. The number of hydrogen-bond acceptors (Lipinski definition) is 6. The number of allylic oxidation sites excluding steroid dienone is 1. The molecule has 4 aromatic rings. The van der Waals surface area contributed by atoms with Crippen molar-refractivity contribution in [2.75, 3.05) is 7.11 Å². The van der Waals surface area contributed by atoms with Gasteiger partial charge in [0.15, 0.2) is 11.5 Å². The second-order valence-corrected chi connectivity index (χ2v) is 9.65. The van der Waals surface area contributed by atoms with Gasteiger partial charge in [-0.15, -0.1) is 0 Å². The number of benzene rings is 3. The quantitative estimate of drug-likeness (QED) is 0.285. The molecule has 1 aliphatic heterocycles. The molecular formula is C28H22BrClN4O3. The van der Waals surface area contributed by atoms with E-state index >= 15 is 0 Å². The lowest BCUT2D eigenvalue weighted by molar-refractivity contribution is 0.282. The number of ether oxygens (including phenoxy) is 3. The molecule has 0 spiro atoms. The molecule has 0 amide bonds. The molecule has 0 saturated heterocycles. The van der Waals surface area contributed by atoms with Crippen LogP contribution in [-0.4, -0.2) is 16.9 Å². The van der Waals surface area contributed by atoms with E-state index in [-0.39, 0.29) is 12.5 Å². The van der Waals surface area contributed by atoms with E-state index in [1.165, 1.54) is 0 Å². The number of para-hydroxylation sites is 1. The first kappa shape index (κ1) is 24.8. The van der Waals surface area contributed by atoms with Crippen molar-refractivity contribution in [3.8, 4) is 29.1 Å². The summed E-state index contributed by atoms with van der Waals surface area (Å²) in [5, 5.41) is 15.4. The molecular weight excluding hydrogens is 556 g/mol. The average Bonchev–Trinajstić information content (AvgIpc) is 3.23. The third-order valence-corrected chi connectivity index (χ3v) is 7.11. The number of nitrogens with two attached hydrogens (primary N) is 1. The minimum atomic E-state index is -0.519. The SMILES string of the molecule is COc1cc(C2C(C#N)=C(N)Oc3c2c(C)nn3-c2ccccc2)cc(Br)c1OCc1ccccc1Cl. The smallest absolute Gasteiger partial charge is 0.229 e. The molecule has 7 nitrogen and oxygen atoms in total. The van der Waals surface area contributed by atoms with E-state index in [1.807, 2.05) is 73.7 Å². The number of nitrogens with zero attached hydrogens (tertiary/aromatic N) is 3. The van der Waals surface area contributed by atoms with Gasteiger partial charge >= 0.3 is 0 Å². The Labute approximate surface area is 227 Å². The van der Waals surface area contributed by atoms with Crippen LogP contribution in [0.15, 0.2) is 82.7 Å². The summed E-state index contributed by atoms with van der Waals surface area (Å²) in [7, 11) is 1.57. The van der Waals surface area contributed by atoms with E-state index in [2.05, 4.69) is 22.0 Å². The van der Waals surface area contributed by atoms with Gasteiger partial charge in [0, 0.05) is 10.6 Å². The molecule has 0 radical (unpaired) electrons. The van der Waals surface area contributed by atoms with Crippen LogP contribution in [0, 0.1) is 18.3 Å². The zero-order valence-electron chi connectivity index (χ0n) is 20.0. The van der Waals surface area contributed by atoms with Crippen LogP contribution in [0.2, 0.25) is 5.02 Å². The molecule has 5 rings (SSSR count). The number of halogens is 2. The third kappa shape index (κ3) is 4.52. The highest BCUT2D eigenvalue weighted by Gasteiger charge is 2.37. The van der Waals surface area contributed by atoms with Crippen molar-refractivity contribution in [1.29, 1.82) is 5.26 Å². The highest BCUT2D eigenvalue weighted by Crippen LogP contribution is 2.48. The van der Waals surface area contributed by atoms with E-state index in [4.69, 9.17) is 36.6 Å². The van der Waals surface area contributed by atoms with E-state index in [9.17, 15) is 5.26 Å². The molecule has 0 fully saturated rings.